The molecule has 0 fully saturated rings. The van der Waals surface area contributed by atoms with E-state index in [2.05, 4.69) is 25.6 Å². The maximum atomic E-state index is 12.5. The molecule has 22 heavy (non-hydrogen) atoms. The van der Waals surface area contributed by atoms with Crippen LogP contribution >= 0.6 is 15.9 Å². The van der Waals surface area contributed by atoms with Crippen molar-refractivity contribution < 1.29 is 17.9 Å². The summed E-state index contributed by atoms with van der Waals surface area (Å²) >= 11 is 3.17. The van der Waals surface area contributed by atoms with Crippen molar-refractivity contribution in [2.75, 3.05) is 24.7 Å². The molecule has 0 bridgehead atoms. The van der Waals surface area contributed by atoms with Gasteiger partial charge in [-0.05, 0) is 34.1 Å². The van der Waals surface area contributed by atoms with E-state index in [1.165, 1.54) is 32.5 Å². The van der Waals surface area contributed by atoms with Crippen molar-refractivity contribution in [3.63, 3.8) is 0 Å². The maximum Gasteiger partial charge on any atom is 0.265 e. The molecule has 0 saturated carbocycles. The minimum Gasteiger partial charge on any atom is -0.497 e. The third-order valence-electron chi connectivity index (χ3n) is 2.79. The van der Waals surface area contributed by atoms with E-state index in [1.807, 2.05) is 0 Å². The SMILES string of the molecule is COc1ccc(OC)c(NS(=O)(=O)c2cc(Br)cnc2N)c1. The zero-order valence-corrected chi connectivity index (χ0v) is 14.2. The first-order chi connectivity index (χ1) is 10.4. The quantitative estimate of drug-likeness (QED) is 0.814. The van der Waals surface area contributed by atoms with Crippen LogP contribution < -0.4 is 19.9 Å². The highest BCUT2D eigenvalue weighted by atomic mass is 79.9. The Morgan fingerprint density at radius 3 is 2.59 bits per heavy atom. The highest BCUT2D eigenvalue weighted by Gasteiger charge is 2.21. The monoisotopic (exact) mass is 387 g/mol. The number of nitrogens with zero attached hydrogens (tertiary/aromatic N) is 1. The first kappa shape index (κ1) is 16.4. The van der Waals surface area contributed by atoms with E-state index < -0.39 is 10.0 Å². The van der Waals surface area contributed by atoms with Crippen molar-refractivity contribution in [2.24, 2.45) is 0 Å². The number of anilines is 2. The molecule has 1 heterocycles. The van der Waals surface area contributed by atoms with Crippen LogP contribution in [-0.4, -0.2) is 27.6 Å². The lowest BCUT2D eigenvalue weighted by molar-refractivity contribution is 0.405. The van der Waals surface area contributed by atoms with E-state index in [-0.39, 0.29) is 16.4 Å². The molecule has 1 aromatic carbocycles. The van der Waals surface area contributed by atoms with Crippen molar-refractivity contribution in [1.82, 2.24) is 4.98 Å². The van der Waals surface area contributed by atoms with Gasteiger partial charge in [-0.2, -0.15) is 0 Å². The standard InChI is InChI=1S/C13H14BrN3O4S/c1-20-9-3-4-11(21-2)10(6-9)17-22(18,19)12-5-8(14)7-16-13(12)15/h3-7,17H,1-2H3,(H2,15,16). The zero-order chi connectivity index (χ0) is 16.3. The maximum absolute atomic E-state index is 12.5. The van der Waals surface area contributed by atoms with Crippen LogP contribution in [0, 0.1) is 0 Å². The Hall–Kier alpha value is -2.00. The van der Waals surface area contributed by atoms with Gasteiger partial charge < -0.3 is 15.2 Å². The largest absolute Gasteiger partial charge is 0.497 e. The topological polar surface area (TPSA) is 104 Å². The number of nitrogen functional groups attached to an aromatic ring is 1. The highest BCUT2D eigenvalue weighted by molar-refractivity contribution is 9.10. The number of nitrogens with two attached hydrogens (primary N) is 1. The van der Waals surface area contributed by atoms with Gasteiger partial charge in [-0.3, -0.25) is 4.72 Å². The van der Waals surface area contributed by atoms with Gasteiger partial charge in [-0.1, -0.05) is 0 Å². The predicted octanol–water partition coefficient (Wildman–Crippen LogP) is 2.24. The number of hydrogen-bond acceptors (Lipinski definition) is 6. The molecular formula is C13H14BrN3O4S. The molecule has 0 atom stereocenters. The van der Waals surface area contributed by atoms with E-state index >= 15 is 0 Å². The Balaban J connectivity index is 2.46. The molecule has 3 N–H and O–H groups in total. The molecule has 7 nitrogen and oxygen atoms in total. The molecule has 2 aromatic rings. The molecule has 0 aliphatic carbocycles. The molecule has 0 amide bonds. The summed E-state index contributed by atoms with van der Waals surface area (Å²) in [5.74, 6) is 0.738. The minimum absolute atomic E-state index is 0.0995. The Bertz CT molecular complexity index is 796. The van der Waals surface area contributed by atoms with Crippen LogP contribution in [0.3, 0.4) is 0 Å². The number of hydrogen-bond donors (Lipinski definition) is 2. The Morgan fingerprint density at radius 2 is 1.95 bits per heavy atom. The van der Waals surface area contributed by atoms with Gasteiger partial charge in [0, 0.05) is 16.7 Å². The molecule has 9 heteroatoms. The number of aromatic nitrogens is 1. The van der Waals surface area contributed by atoms with E-state index in [0.29, 0.717) is 16.0 Å². The minimum atomic E-state index is -3.93. The number of ether oxygens (including phenoxy) is 2. The number of rotatable bonds is 5. The van der Waals surface area contributed by atoms with Gasteiger partial charge in [0.1, 0.15) is 22.2 Å². The zero-order valence-electron chi connectivity index (χ0n) is 11.8. The smallest absolute Gasteiger partial charge is 0.265 e. The lowest BCUT2D eigenvalue weighted by Gasteiger charge is -2.14. The highest BCUT2D eigenvalue weighted by Crippen LogP contribution is 2.32. The summed E-state index contributed by atoms with van der Waals surface area (Å²) in [5, 5.41) is 0. The van der Waals surface area contributed by atoms with Gasteiger partial charge in [-0.25, -0.2) is 13.4 Å². The molecule has 2 rings (SSSR count). The van der Waals surface area contributed by atoms with Crippen LogP contribution in [0.1, 0.15) is 0 Å². The molecule has 0 radical (unpaired) electrons. The molecule has 1 aromatic heterocycles. The molecule has 118 valence electrons. The normalized spacial score (nSPS) is 11.0. The number of nitrogens with one attached hydrogen (secondary N) is 1. The Morgan fingerprint density at radius 1 is 1.23 bits per heavy atom. The van der Waals surface area contributed by atoms with Gasteiger partial charge in [0.05, 0.1) is 19.9 Å². The molecule has 0 aliphatic rings. The van der Waals surface area contributed by atoms with Crippen molar-refractivity contribution in [3.05, 3.63) is 34.9 Å². The van der Waals surface area contributed by atoms with E-state index in [1.54, 1.807) is 12.1 Å². The second-order valence-corrected chi connectivity index (χ2v) is 6.78. The Labute approximate surface area is 136 Å². The van der Waals surface area contributed by atoms with E-state index in [9.17, 15) is 8.42 Å². The van der Waals surface area contributed by atoms with Gasteiger partial charge >= 0.3 is 0 Å². The van der Waals surface area contributed by atoms with Crippen LogP contribution in [0.2, 0.25) is 0 Å². The lowest BCUT2D eigenvalue weighted by atomic mass is 10.3. The predicted molar refractivity (Wildman–Crippen MR) is 86.7 cm³/mol. The van der Waals surface area contributed by atoms with Crippen molar-refractivity contribution in [2.45, 2.75) is 4.90 Å². The molecule has 0 saturated heterocycles. The first-order valence-electron chi connectivity index (χ1n) is 6.03. The summed E-state index contributed by atoms with van der Waals surface area (Å²) in [4.78, 5) is 3.69. The summed E-state index contributed by atoms with van der Waals surface area (Å²) in [7, 11) is -1.01. The van der Waals surface area contributed by atoms with Crippen molar-refractivity contribution in [3.8, 4) is 11.5 Å². The van der Waals surface area contributed by atoms with Gasteiger partial charge in [0.15, 0.2) is 0 Å². The van der Waals surface area contributed by atoms with Crippen LogP contribution in [0.15, 0.2) is 39.8 Å². The van der Waals surface area contributed by atoms with Gasteiger partial charge in [0.25, 0.3) is 10.0 Å². The second-order valence-electron chi connectivity index (χ2n) is 4.21. The summed E-state index contributed by atoms with van der Waals surface area (Å²) in [6, 6.07) is 6.14. The number of methoxy groups -OCH3 is 2. The van der Waals surface area contributed by atoms with E-state index in [0.717, 1.165) is 0 Å². The fourth-order valence-electron chi connectivity index (χ4n) is 1.74. The van der Waals surface area contributed by atoms with Crippen LogP contribution in [0.5, 0.6) is 11.5 Å². The van der Waals surface area contributed by atoms with Crippen LogP contribution in [0.4, 0.5) is 11.5 Å². The molecule has 0 aliphatic heterocycles. The average Bonchev–Trinajstić information content (AvgIpc) is 2.49. The third kappa shape index (κ3) is 3.42. The third-order valence-corrected chi connectivity index (χ3v) is 4.62. The number of pyridine rings is 1. The van der Waals surface area contributed by atoms with Crippen molar-refractivity contribution >= 4 is 37.5 Å². The van der Waals surface area contributed by atoms with Crippen molar-refractivity contribution in [1.29, 1.82) is 0 Å². The number of halogens is 1. The van der Waals surface area contributed by atoms with E-state index in [4.69, 9.17) is 15.2 Å². The fourth-order valence-corrected chi connectivity index (χ4v) is 3.39. The van der Waals surface area contributed by atoms with Crippen LogP contribution in [0.25, 0.3) is 0 Å². The van der Waals surface area contributed by atoms with Gasteiger partial charge in [0.2, 0.25) is 0 Å². The summed E-state index contributed by atoms with van der Waals surface area (Å²) in [6.45, 7) is 0. The molecule has 0 unspecified atom stereocenters. The summed E-state index contributed by atoms with van der Waals surface area (Å²) < 4.78 is 38.1. The summed E-state index contributed by atoms with van der Waals surface area (Å²) in [6.07, 6.45) is 1.42. The number of benzene rings is 1. The van der Waals surface area contributed by atoms with Gasteiger partial charge in [-0.15, -0.1) is 0 Å². The second kappa shape index (κ2) is 6.41. The molecular weight excluding hydrogens is 374 g/mol. The average molecular weight is 388 g/mol. The summed E-state index contributed by atoms with van der Waals surface area (Å²) in [5.41, 5.74) is 5.89. The Kier molecular flexibility index (Phi) is 4.77. The number of sulfonamides is 1. The lowest BCUT2D eigenvalue weighted by Crippen LogP contribution is -2.16. The fraction of sp³-hybridized carbons (Fsp3) is 0.154. The molecule has 0 spiro atoms. The first-order valence-corrected chi connectivity index (χ1v) is 8.31. The van der Waals surface area contributed by atoms with Crippen LogP contribution in [-0.2, 0) is 10.0 Å².